The molecule has 3 heterocycles. The van der Waals surface area contributed by atoms with E-state index in [-0.39, 0.29) is 0 Å². The van der Waals surface area contributed by atoms with Crippen LogP contribution in [0, 0.1) is 5.92 Å². The number of guanidine groups is 1. The van der Waals surface area contributed by atoms with Gasteiger partial charge < -0.3 is 20.3 Å². The van der Waals surface area contributed by atoms with E-state index in [0.29, 0.717) is 18.6 Å². The van der Waals surface area contributed by atoms with Gasteiger partial charge in [0.2, 0.25) is 0 Å². The van der Waals surface area contributed by atoms with Gasteiger partial charge in [-0.15, -0.1) is 0 Å². The number of aryl methyl sites for hydroxylation is 1. The number of nitrogens with one attached hydrogen (secondary N) is 2. The number of aromatic nitrogens is 3. The predicted octanol–water partition coefficient (Wildman–Crippen LogP) is 0.636. The van der Waals surface area contributed by atoms with E-state index < -0.39 is 0 Å². The van der Waals surface area contributed by atoms with Crippen LogP contribution in [0.2, 0.25) is 0 Å². The van der Waals surface area contributed by atoms with Crippen LogP contribution in [0.25, 0.3) is 0 Å². The van der Waals surface area contributed by atoms with Crippen molar-refractivity contribution in [1.82, 2.24) is 30.3 Å². The number of hydrogen-bond donors (Lipinski definition) is 2. The summed E-state index contributed by atoms with van der Waals surface area (Å²) in [5.41, 5.74) is 0. The molecule has 2 unspecified atom stereocenters. The average Bonchev–Trinajstić information content (AvgIpc) is 3.26. The molecule has 146 valence electrons. The third-order valence-corrected chi connectivity index (χ3v) is 5.19. The summed E-state index contributed by atoms with van der Waals surface area (Å²) in [7, 11) is 1.67. The minimum Gasteiger partial charge on any atom is -0.377 e. The van der Waals surface area contributed by atoms with Gasteiger partial charge >= 0.3 is 0 Å². The van der Waals surface area contributed by atoms with Gasteiger partial charge in [-0.1, -0.05) is 6.92 Å². The molecule has 0 radical (unpaired) electrons. The first-order chi connectivity index (χ1) is 12.7. The van der Waals surface area contributed by atoms with Crippen molar-refractivity contribution in [3.05, 3.63) is 11.6 Å². The number of methoxy groups -OCH3 is 1. The monoisotopic (exact) mass is 363 g/mol. The van der Waals surface area contributed by atoms with E-state index in [4.69, 9.17) is 9.73 Å². The molecule has 0 bridgehead atoms. The van der Waals surface area contributed by atoms with Crippen LogP contribution in [0.1, 0.15) is 38.3 Å². The van der Waals surface area contributed by atoms with Crippen molar-refractivity contribution in [3.8, 4) is 0 Å². The largest absolute Gasteiger partial charge is 0.377 e. The first-order valence-electron chi connectivity index (χ1n) is 9.90. The van der Waals surface area contributed by atoms with Crippen molar-refractivity contribution >= 4 is 5.96 Å². The fourth-order valence-electron chi connectivity index (χ4n) is 3.75. The average molecular weight is 364 g/mol. The summed E-state index contributed by atoms with van der Waals surface area (Å²) in [6, 6.07) is 0.327. The molecule has 8 nitrogen and oxygen atoms in total. The summed E-state index contributed by atoms with van der Waals surface area (Å²) >= 11 is 0. The highest BCUT2D eigenvalue weighted by molar-refractivity contribution is 5.80. The number of nitrogens with zero attached hydrogens (tertiary/aromatic N) is 5. The number of likely N-dealkylation sites (tertiary alicyclic amines) is 1. The number of ether oxygens (including phenoxy) is 1. The summed E-state index contributed by atoms with van der Waals surface area (Å²) in [4.78, 5) is 11.9. The number of aliphatic imine (C=N–C) groups is 1. The van der Waals surface area contributed by atoms with Gasteiger partial charge in [-0.2, -0.15) is 5.10 Å². The Morgan fingerprint density at radius 1 is 1.31 bits per heavy atom. The molecular weight excluding hydrogens is 330 g/mol. The van der Waals surface area contributed by atoms with Crippen molar-refractivity contribution < 1.29 is 4.74 Å². The lowest BCUT2D eigenvalue weighted by molar-refractivity contribution is 0.177. The third-order valence-electron chi connectivity index (χ3n) is 5.19. The summed E-state index contributed by atoms with van der Waals surface area (Å²) in [6.07, 6.45) is 3.23. The lowest BCUT2D eigenvalue weighted by atomic mass is 10.1. The Bertz CT molecular complexity index is 600. The van der Waals surface area contributed by atoms with Crippen molar-refractivity contribution in [1.29, 1.82) is 0 Å². The van der Waals surface area contributed by atoms with E-state index in [1.807, 2.05) is 4.68 Å². The molecule has 0 spiro atoms. The zero-order valence-electron chi connectivity index (χ0n) is 16.4. The maximum Gasteiger partial charge on any atom is 0.191 e. The van der Waals surface area contributed by atoms with E-state index in [1.54, 1.807) is 7.11 Å². The second-order valence-electron chi connectivity index (χ2n) is 7.21. The topological polar surface area (TPSA) is 79.6 Å². The van der Waals surface area contributed by atoms with E-state index >= 15 is 0 Å². The molecule has 26 heavy (non-hydrogen) atoms. The van der Waals surface area contributed by atoms with Crippen molar-refractivity contribution in [2.24, 2.45) is 10.9 Å². The van der Waals surface area contributed by atoms with Gasteiger partial charge in [-0.05, 0) is 38.8 Å². The minimum atomic E-state index is 0.327. The molecule has 1 fully saturated rings. The molecule has 3 rings (SSSR count). The minimum absolute atomic E-state index is 0.327. The molecule has 0 saturated carbocycles. The Hall–Kier alpha value is -1.67. The van der Waals surface area contributed by atoms with E-state index in [2.05, 4.69) is 39.5 Å². The second kappa shape index (κ2) is 9.32. The molecule has 2 N–H and O–H groups in total. The van der Waals surface area contributed by atoms with Crippen LogP contribution in [-0.2, 0) is 24.3 Å². The van der Waals surface area contributed by atoms with Crippen LogP contribution >= 0.6 is 0 Å². The first-order valence-corrected chi connectivity index (χ1v) is 9.90. The van der Waals surface area contributed by atoms with E-state index in [1.165, 1.54) is 19.5 Å². The fourth-order valence-corrected chi connectivity index (χ4v) is 3.75. The zero-order chi connectivity index (χ0) is 18.4. The van der Waals surface area contributed by atoms with Crippen LogP contribution in [0.15, 0.2) is 4.99 Å². The molecule has 1 aromatic rings. The molecule has 0 aliphatic carbocycles. The molecule has 8 heteroatoms. The van der Waals surface area contributed by atoms with Crippen molar-refractivity contribution in [2.45, 2.75) is 52.3 Å². The molecule has 0 amide bonds. The Labute approximate surface area is 156 Å². The molecule has 0 aromatic carbocycles. The highest BCUT2D eigenvalue weighted by Crippen LogP contribution is 2.16. The molecule has 1 saturated heterocycles. The number of fused-ring (bicyclic) bond motifs is 1. The Balaban J connectivity index is 1.55. The van der Waals surface area contributed by atoms with Gasteiger partial charge in [0.05, 0.1) is 6.54 Å². The van der Waals surface area contributed by atoms with Crippen LogP contribution in [0.3, 0.4) is 0 Å². The van der Waals surface area contributed by atoms with E-state index in [0.717, 1.165) is 56.6 Å². The van der Waals surface area contributed by atoms with Gasteiger partial charge in [0.1, 0.15) is 12.4 Å². The zero-order valence-corrected chi connectivity index (χ0v) is 16.4. The smallest absolute Gasteiger partial charge is 0.191 e. The lowest BCUT2D eigenvalue weighted by Crippen LogP contribution is -2.47. The molecule has 2 aliphatic heterocycles. The first kappa shape index (κ1) is 19.1. The standard InChI is InChI=1S/C18H33N7O/c1-4-19-18(20-10-14-8-9-24(5-2)11-14)21-15-6-7-17-22-16(13-26-3)23-25(17)12-15/h14-15H,4-13H2,1-3H3,(H2,19,20,21). The summed E-state index contributed by atoms with van der Waals surface area (Å²) < 4.78 is 7.15. The molecule has 2 aliphatic rings. The molecular formula is C18H33N7O. The summed E-state index contributed by atoms with van der Waals surface area (Å²) in [5.74, 6) is 3.43. The SMILES string of the molecule is CCNC(=NCC1CCN(CC)C1)NC1CCc2nc(COC)nn2C1. The molecule has 1 aromatic heterocycles. The van der Waals surface area contributed by atoms with Crippen molar-refractivity contribution in [3.63, 3.8) is 0 Å². The second-order valence-corrected chi connectivity index (χ2v) is 7.21. The Kier molecular flexibility index (Phi) is 6.85. The van der Waals surface area contributed by atoms with Crippen LogP contribution in [0.4, 0.5) is 0 Å². The van der Waals surface area contributed by atoms with Crippen LogP contribution < -0.4 is 10.6 Å². The maximum atomic E-state index is 5.14. The fraction of sp³-hybridized carbons (Fsp3) is 0.833. The van der Waals surface area contributed by atoms with Gasteiger partial charge in [-0.3, -0.25) is 4.99 Å². The van der Waals surface area contributed by atoms with Gasteiger partial charge in [0.25, 0.3) is 0 Å². The van der Waals surface area contributed by atoms with Gasteiger partial charge in [0, 0.05) is 39.2 Å². The van der Waals surface area contributed by atoms with Gasteiger partial charge in [0.15, 0.2) is 11.8 Å². The van der Waals surface area contributed by atoms with Gasteiger partial charge in [-0.25, -0.2) is 9.67 Å². The van der Waals surface area contributed by atoms with Crippen molar-refractivity contribution in [2.75, 3.05) is 39.8 Å². The maximum absolute atomic E-state index is 5.14. The third kappa shape index (κ3) is 4.94. The predicted molar refractivity (Wildman–Crippen MR) is 102 cm³/mol. The van der Waals surface area contributed by atoms with Crippen LogP contribution in [-0.4, -0.2) is 71.5 Å². The number of rotatable bonds is 7. The highest BCUT2D eigenvalue weighted by atomic mass is 16.5. The Morgan fingerprint density at radius 2 is 2.19 bits per heavy atom. The summed E-state index contributed by atoms with van der Waals surface area (Å²) in [6.45, 7) is 10.9. The van der Waals surface area contributed by atoms with E-state index in [9.17, 15) is 0 Å². The highest BCUT2D eigenvalue weighted by Gasteiger charge is 2.23. The summed E-state index contributed by atoms with van der Waals surface area (Å²) in [5, 5.41) is 11.5. The Morgan fingerprint density at radius 3 is 2.92 bits per heavy atom. The number of hydrogen-bond acceptors (Lipinski definition) is 5. The van der Waals surface area contributed by atoms with Crippen LogP contribution in [0.5, 0.6) is 0 Å². The molecule has 2 atom stereocenters. The normalized spacial score (nSPS) is 23.9. The quantitative estimate of drug-likeness (QED) is 0.547. The lowest BCUT2D eigenvalue weighted by Gasteiger charge is -2.25.